The Balaban J connectivity index is 1.44. The third kappa shape index (κ3) is 5.40. The SMILES string of the molecule is COc1ccc(-c2noc(CCN(CCc3ccccc3)C(=O)c3ccccc3)n2)cc1. The number of nitrogens with zero attached hydrogens (tertiary/aromatic N) is 3. The molecule has 0 unspecified atom stereocenters. The molecular formula is C26H25N3O3. The van der Waals surface area contributed by atoms with Crippen molar-refractivity contribution >= 4 is 5.91 Å². The lowest BCUT2D eigenvalue weighted by Gasteiger charge is -2.22. The molecule has 4 aromatic rings. The third-order valence-corrected chi connectivity index (χ3v) is 5.23. The Kier molecular flexibility index (Phi) is 6.92. The van der Waals surface area contributed by atoms with Crippen LogP contribution < -0.4 is 4.74 Å². The Morgan fingerprint density at radius 1 is 0.875 bits per heavy atom. The average molecular weight is 428 g/mol. The molecule has 0 fully saturated rings. The van der Waals surface area contributed by atoms with Crippen LogP contribution in [0, 0.1) is 0 Å². The highest BCUT2D eigenvalue weighted by Crippen LogP contribution is 2.20. The van der Waals surface area contributed by atoms with Gasteiger partial charge in [-0.15, -0.1) is 0 Å². The van der Waals surface area contributed by atoms with Gasteiger partial charge in [0.1, 0.15) is 5.75 Å². The number of aromatic nitrogens is 2. The molecule has 0 N–H and O–H groups in total. The minimum absolute atomic E-state index is 0.00331. The first-order valence-electron chi connectivity index (χ1n) is 10.6. The molecule has 4 rings (SSSR count). The zero-order valence-electron chi connectivity index (χ0n) is 18.0. The van der Waals surface area contributed by atoms with E-state index in [1.54, 1.807) is 7.11 Å². The van der Waals surface area contributed by atoms with Gasteiger partial charge in [-0.25, -0.2) is 0 Å². The van der Waals surface area contributed by atoms with Crippen molar-refractivity contribution in [3.63, 3.8) is 0 Å². The molecule has 1 amide bonds. The van der Waals surface area contributed by atoms with Crippen LogP contribution in [0.4, 0.5) is 0 Å². The fraction of sp³-hybridized carbons (Fsp3) is 0.192. The van der Waals surface area contributed by atoms with Crippen LogP contribution >= 0.6 is 0 Å². The van der Waals surface area contributed by atoms with Crippen molar-refractivity contribution in [2.24, 2.45) is 0 Å². The van der Waals surface area contributed by atoms with Crippen LogP contribution in [-0.4, -0.2) is 41.1 Å². The predicted octanol–water partition coefficient (Wildman–Crippen LogP) is 4.67. The molecule has 0 aliphatic heterocycles. The van der Waals surface area contributed by atoms with Crippen molar-refractivity contribution in [1.82, 2.24) is 15.0 Å². The predicted molar refractivity (Wildman–Crippen MR) is 122 cm³/mol. The summed E-state index contributed by atoms with van der Waals surface area (Å²) in [6.45, 7) is 1.10. The first-order valence-corrected chi connectivity index (χ1v) is 10.6. The lowest BCUT2D eigenvalue weighted by molar-refractivity contribution is 0.0756. The molecule has 0 aliphatic rings. The number of hydrogen-bond acceptors (Lipinski definition) is 5. The standard InChI is InChI=1S/C26H25N3O3/c1-31-23-14-12-21(13-15-23)25-27-24(32-28-25)17-19-29(18-16-20-8-4-2-5-9-20)26(30)22-10-6-3-7-11-22/h2-15H,16-19H2,1H3. The van der Waals surface area contributed by atoms with Crippen molar-refractivity contribution in [2.45, 2.75) is 12.8 Å². The van der Waals surface area contributed by atoms with Gasteiger partial charge < -0.3 is 14.2 Å². The van der Waals surface area contributed by atoms with E-state index >= 15 is 0 Å². The second-order valence-electron chi connectivity index (χ2n) is 7.38. The van der Waals surface area contributed by atoms with Gasteiger partial charge >= 0.3 is 0 Å². The van der Waals surface area contributed by atoms with Crippen LogP contribution in [-0.2, 0) is 12.8 Å². The van der Waals surface area contributed by atoms with Crippen LogP contribution in [0.5, 0.6) is 5.75 Å². The number of rotatable bonds is 9. The number of methoxy groups -OCH3 is 1. The second-order valence-corrected chi connectivity index (χ2v) is 7.38. The molecule has 6 nitrogen and oxygen atoms in total. The van der Waals surface area contributed by atoms with Crippen molar-refractivity contribution in [1.29, 1.82) is 0 Å². The number of hydrogen-bond donors (Lipinski definition) is 0. The molecule has 162 valence electrons. The van der Waals surface area contributed by atoms with E-state index in [0.29, 0.717) is 36.8 Å². The van der Waals surface area contributed by atoms with Gasteiger partial charge in [0.2, 0.25) is 11.7 Å². The van der Waals surface area contributed by atoms with Crippen LogP contribution in [0.25, 0.3) is 11.4 Å². The Labute approximate surface area is 187 Å². The first kappa shape index (κ1) is 21.3. The zero-order chi connectivity index (χ0) is 22.2. The first-order chi connectivity index (χ1) is 15.7. The molecule has 1 aromatic heterocycles. The molecule has 3 aromatic carbocycles. The molecule has 0 radical (unpaired) electrons. The summed E-state index contributed by atoms with van der Waals surface area (Å²) in [5.74, 6) is 1.79. The van der Waals surface area contributed by atoms with E-state index < -0.39 is 0 Å². The lowest BCUT2D eigenvalue weighted by Crippen LogP contribution is -2.34. The Hall–Kier alpha value is -3.93. The van der Waals surface area contributed by atoms with E-state index in [2.05, 4.69) is 22.3 Å². The maximum absolute atomic E-state index is 13.1. The maximum Gasteiger partial charge on any atom is 0.253 e. The molecule has 0 saturated carbocycles. The van der Waals surface area contributed by atoms with E-state index in [1.165, 1.54) is 5.56 Å². The smallest absolute Gasteiger partial charge is 0.253 e. The summed E-state index contributed by atoms with van der Waals surface area (Å²) >= 11 is 0. The molecule has 32 heavy (non-hydrogen) atoms. The van der Waals surface area contributed by atoms with E-state index in [9.17, 15) is 4.79 Å². The quantitative estimate of drug-likeness (QED) is 0.388. The summed E-state index contributed by atoms with van der Waals surface area (Å²) in [6, 6.07) is 27.0. The monoisotopic (exact) mass is 427 g/mol. The van der Waals surface area contributed by atoms with Crippen LogP contribution in [0.2, 0.25) is 0 Å². The highest BCUT2D eigenvalue weighted by Gasteiger charge is 2.17. The third-order valence-electron chi connectivity index (χ3n) is 5.23. The maximum atomic E-state index is 13.1. The fourth-order valence-corrected chi connectivity index (χ4v) is 3.43. The lowest BCUT2D eigenvalue weighted by atomic mass is 10.1. The Morgan fingerprint density at radius 2 is 1.53 bits per heavy atom. The topological polar surface area (TPSA) is 68.5 Å². The number of carbonyl (C=O) groups is 1. The van der Waals surface area contributed by atoms with Crippen molar-refractivity contribution in [3.8, 4) is 17.1 Å². The highest BCUT2D eigenvalue weighted by atomic mass is 16.5. The molecule has 6 heteroatoms. The Bertz CT molecular complexity index is 1130. The Morgan fingerprint density at radius 3 is 2.22 bits per heavy atom. The average Bonchev–Trinajstić information content (AvgIpc) is 3.34. The van der Waals surface area contributed by atoms with Gasteiger partial charge in [-0.1, -0.05) is 53.7 Å². The number of carbonyl (C=O) groups excluding carboxylic acids is 1. The van der Waals surface area contributed by atoms with Gasteiger partial charge in [-0.05, 0) is 48.4 Å². The summed E-state index contributed by atoms with van der Waals surface area (Å²) in [6.07, 6.45) is 1.26. The largest absolute Gasteiger partial charge is 0.497 e. The van der Waals surface area contributed by atoms with E-state index in [1.807, 2.05) is 77.7 Å². The van der Waals surface area contributed by atoms with E-state index in [0.717, 1.165) is 17.7 Å². The van der Waals surface area contributed by atoms with Gasteiger partial charge in [-0.3, -0.25) is 4.79 Å². The van der Waals surface area contributed by atoms with Crippen LogP contribution in [0.15, 0.2) is 89.5 Å². The summed E-state index contributed by atoms with van der Waals surface area (Å²) in [7, 11) is 1.63. The van der Waals surface area contributed by atoms with Crippen molar-refractivity contribution < 1.29 is 14.1 Å². The van der Waals surface area contributed by atoms with Gasteiger partial charge in [0.15, 0.2) is 0 Å². The fourth-order valence-electron chi connectivity index (χ4n) is 3.43. The van der Waals surface area contributed by atoms with Crippen molar-refractivity contribution in [3.05, 3.63) is 102 Å². The van der Waals surface area contributed by atoms with Gasteiger partial charge in [0.05, 0.1) is 7.11 Å². The van der Waals surface area contributed by atoms with E-state index in [-0.39, 0.29) is 5.91 Å². The molecule has 0 spiro atoms. The van der Waals surface area contributed by atoms with Gasteiger partial charge in [-0.2, -0.15) is 4.98 Å². The normalized spacial score (nSPS) is 10.7. The second kappa shape index (κ2) is 10.4. The molecule has 1 heterocycles. The summed E-state index contributed by atoms with van der Waals surface area (Å²) < 4.78 is 10.6. The minimum Gasteiger partial charge on any atom is -0.497 e. The molecule has 0 atom stereocenters. The summed E-state index contributed by atoms with van der Waals surface area (Å²) in [5.41, 5.74) is 2.71. The molecule has 0 bridgehead atoms. The van der Waals surface area contributed by atoms with Gasteiger partial charge in [0, 0.05) is 30.6 Å². The summed E-state index contributed by atoms with van der Waals surface area (Å²) in [5, 5.41) is 4.09. The molecule has 0 aliphatic carbocycles. The summed E-state index contributed by atoms with van der Waals surface area (Å²) in [4.78, 5) is 19.5. The van der Waals surface area contributed by atoms with Crippen LogP contribution in [0.1, 0.15) is 21.8 Å². The number of ether oxygens (including phenoxy) is 1. The van der Waals surface area contributed by atoms with Crippen molar-refractivity contribution in [2.75, 3.05) is 20.2 Å². The highest BCUT2D eigenvalue weighted by molar-refractivity contribution is 5.94. The molecule has 0 saturated heterocycles. The zero-order valence-corrected chi connectivity index (χ0v) is 18.0. The number of amides is 1. The minimum atomic E-state index is -0.00331. The number of benzene rings is 3. The van der Waals surface area contributed by atoms with Gasteiger partial charge in [0.25, 0.3) is 5.91 Å². The van der Waals surface area contributed by atoms with E-state index in [4.69, 9.17) is 9.26 Å². The molecular weight excluding hydrogens is 402 g/mol. The van der Waals surface area contributed by atoms with Crippen LogP contribution in [0.3, 0.4) is 0 Å².